The lowest BCUT2D eigenvalue weighted by molar-refractivity contribution is -0.122. The fraction of sp³-hybridized carbons (Fsp3) is 0.208. The molecular weight excluding hydrogens is 512 g/mol. The second-order valence-corrected chi connectivity index (χ2v) is 10.8. The quantitative estimate of drug-likeness (QED) is 0.415. The molecule has 32 heavy (non-hydrogen) atoms. The summed E-state index contributed by atoms with van der Waals surface area (Å²) in [7, 11) is -3.93. The highest BCUT2D eigenvalue weighted by Crippen LogP contribution is 2.23. The second kappa shape index (κ2) is 10.6. The van der Waals surface area contributed by atoms with E-state index in [1.54, 1.807) is 48.5 Å². The number of hydrogen-bond donors (Lipinski definition) is 1. The van der Waals surface area contributed by atoms with Gasteiger partial charge >= 0.3 is 0 Å². The molecule has 0 aliphatic heterocycles. The van der Waals surface area contributed by atoms with Crippen molar-refractivity contribution in [2.75, 3.05) is 6.54 Å². The standard InChI is InChI=1S/C24H24BrClN2O3S/c1-17-10-12-22(13-11-17)32(30,31)28(15-20-6-3-4-9-23(20)26)16-24(29)27-18(2)19-7-5-8-21(25)14-19/h3-14,18H,15-16H2,1-2H3,(H,27,29)/t18-/m1/s1. The number of nitrogens with zero attached hydrogens (tertiary/aromatic N) is 1. The van der Waals surface area contributed by atoms with Crippen molar-refractivity contribution in [2.45, 2.75) is 31.3 Å². The van der Waals surface area contributed by atoms with E-state index in [1.165, 1.54) is 0 Å². The summed E-state index contributed by atoms with van der Waals surface area (Å²) in [5.41, 5.74) is 2.48. The van der Waals surface area contributed by atoms with Crippen LogP contribution in [0.3, 0.4) is 0 Å². The van der Waals surface area contributed by atoms with Crippen LogP contribution < -0.4 is 5.32 Å². The van der Waals surface area contributed by atoms with E-state index in [0.717, 1.165) is 19.9 Å². The minimum absolute atomic E-state index is 0.0193. The lowest BCUT2D eigenvalue weighted by Gasteiger charge is -2.24. The van der Waals surface area contributed by atoms with Crippen LogP contribution >= 0.6 is 27.5 Å². The van der Waals surface area contributed by atoms with Gasteiger partial charge in [0.2, 0.25) is 15.9 Å². The Morgan fingerprint density at radius 1 is 1.06 bits per heavy atom. The zero-order valence-corrected chi connectivity index (χ0v) is 20.9. The molecule has 0 bridgehead atoms. The van der Waals surface area contributed by atoms with E-state index in [2.05, 4.69) is 21.2 Å². The van der Waals surface area contributed by atoms with Crippen LogP contribution in [0.4, 0.5) is 0 Å². The number of rotatable bonds is 8. The number of nitrogens with one attached hydrogen (secondary N) is 1. The topological polar surface area (TPSA) is 66.5 Å². The van der Waals surface area contributed by atoms with Gasteiger partial charge in [0.05, 0.1) is 17.5 Å². The van der Waals surface area contributed by atoms with Gasteiger partial charge in [0.25, 0.3) is 0 Å². The van der Waals surface area contributed by atoms with Crippen LogP contribution in [0.15, 0.2) is 82.2 Å². The molecule has 0 saturated heterocycles. The highest BCUT2D eigenvalue weighted by Gasteiger charge is 2.28. The van der Waals surface area contributed by atoms with Crippen LogP contribution in [0, 0.1) is 6.92 Å². The zero-order chi connectivity index (χ0) is 23.3. The van der Waals surface area contributed by atoms with Gasteiger partial charge in [-0.05, 0) is 55.3 Å². The third kappa shape index (κ3) is 6.19. The Kier molecular flexibility index (Phi) is 8.11. The van der Waals surface area contributed by atoms with E-state index in [1.807, 2.05) is 38.1 Å². The normalized spacial score (nSPS) is 12.5. The summed E-state index contributed by atoms with van der Waals surface area (Å²) in [6.07, 6.45) is 0. The van der Waals surface area contributed by atoms with Gasteiger partial charge < -0.3 is 5.32 Å². The van der Waals surface area contributed by atoms with Gasteiger partial charge in [-0.25, -0.2) is 8.42 Å². The molecule has 3 aromatic carbocycles. The summed E-state index contributed by atoms with van der Waals surface area (Å²) in [5.74, 6) is -0.403. The van der Waals surface area contributed by atoms with Crippen molar-refractivity contribution in [1.29, 1.82) is 0 Å². The van der Waals surface area contributed by atoms with Crippen molar-refractivity contribution in [3.05, 3.63) is 99.0 Å². The van der Waals surface area contributed by atoms with Crippen molar-refractivity contribution < 1.29 is 13.2 Å². The van der Waals surface area contributed by atoms with Crippen LogP contribution in [-0.2, 0) is 21.4 Å². The first-order valence-corrected chi connectivity index (χ1v) is 12.6. The minimum Gasteiger partial charge on any atom is -0.348 e. The molecule has 168 valence electrons. The zero-order valence-electron chi connectivity index (χ0n) is 17.8. The predicted molar refractivity (Wildman–Crippen MR) is 131 cm³/mol. The number of carbonyl (C=O) groups is 1. The third-order valence-corrected chi connectivity index (χ3v) is 7.68. The van der Waals surface area contributed by atoms with Crippen molar-refractivity contribution in [1.82, 2.24) is 9.62 Å². The molecule has 3 aromatic rings. The SMILES string of the molecule is Cc1ccc(S(=O)(=O)N(CC(=O)N[C@H](C)c2cccc(Br)c2)Cc2ccccc2Cl)cc1. The summed E-state index contributed by atoms with van der Waals surface area (Å²) < 4.78 is 28.8. The average molecular weight is 536 g/mol. The molecule has 0 fully saturated rings. The molecule has 0 unspecified atom stereocenters. The summed E-state index contributed by atoms with van der Waals surface area (Å²) in [5, 5.41) is 3.33. The second-order valence-electron chi connectivity index (χ2n) is 7.52. The molecule has 3 rings (SSSR count). The number of aryl methyl sites for hydroxylation is 1. The predicted octanol–water partition coefficient (Wildman–Crippen LogP) is 5.48. The van der Waals surface area contributed by atoms with Crippen molar-refractivity contribution in [3.63, 3.8) is 0 Å². The van der Waals surface area contributed by atoms with E-state index in [0.29, 0.717) is 10.6 Å². The highest BCUT2D eigenvalue weighted by atomic mass is 79.9. The van der Waals surface area contributed by atoms with E-state index in [-0.39, 0.29) is 24.0 Å². The Balaban J connectivity index is 1.85. The third-order valence-electron chi connectivity index (χ3n) is 5.01. The van der Waals surface area contributed by atoms with Gasteiger partial charge in [-0.15, -0.1) is 0 Å². The number of amides is 1. The Labute approximate surface area is 202 Å². The lowest BCUT2D eigenvalue weighted by atomic mass is 10.1. The number of carbonyl (C=O) groups excluding carboxylic acids is 1. The van der Waals surface area contributed by atoms with E-state index >= 15 is 0 Å². The van der Waals surface area contributed by atoms with Crippen molar-refractivity contribution >= 4 is 43.5 Å². The average Bonchev–Trinajstić information content (AvgIpc) is 2.75. The van der Waals surface area contributed by atoms with Crippen LogP contribution in [0.5, 0.6) is 0 Å². The van der Waals surface area contributed by atoms with Crippen LogP contribution in [0.2, 0.25) is 5.02 Å². The smallest absolute Gasteiger partial charge is 0.243 e. The fourth-order valence-electron chi connectivity index (χ4n) is 3.21. The monoisotopic (exact) mass is 534 g/mol. The maximum atomic E-state index is 13.4. The molecule has 0 aliphatic rings. The molecule has 0 heterocycles. The first-order chi connectivity index (χ1) is 15.2. The van der Waals surface area contributed by atoms with Gasteiger partial charge in [0.15, 0.2) is 0 Å². The van der Waals surface area contributed by atoms with Crippen LogP contribution in [0.1, 0.15) is 29.7 Å². The van der Waals surface area contributed by atoms with Crippen molar-refractivity contribution in [2.24, 2.45) is 0 Å². The summed E-state index contributed by atoms with van der Waals surface area (Å²) in [4.78, 5) is 13.0. The Morgan fingerprint density at radius 2 is 1.75 bits per heavy atom. The number of benzene rings is 3. The lowest BCUT2D eigenvalue weighted by Crippen LogP contribution is -2.41. The molecule has 0 spiro atoms. The van der Waals surface area contributed by atoms with Crippen molar-refractivity contribution in [3.8, 4) is 0 Å². The maximum absolute atomic E-state index is 13.4. The Bertz CT molecular complexity index is 1200. The van der Waals surface area contributed by atoms with E-state index < -0.39 is 15.9 Å². The van der Waals surface area contributed by atoms with Crippen LogP contribution in [-0.4, -0.2) is 25.2 Å². The first kappa shape index (κ1) is 24.5. The first-order valence-electron chi connectivity index (χ1n) is 10.0. The summed E-state index contributed by atoms with van der Waals surface area (Å²) in [6.45, 7) is 3.38. The Hall–Kier alpha value is -2.19. The summed E-state index contributed by atoms with van der Waals surface area (Å²) in [6, 6.07) is 20.9. The van der Waals surface area contributed by atoms with Gasteiger partial charge in [0.1, 0.15) is 0 Å². The largest absolute Gasteiger partial charge is 0.348 e. The maximum Gasteiger partial charge on any atom is 0.243 e. The fourth-order valence-corrected chi connectivity index (χ4v) is 5.20. The molecule has 1 amide bonds. The molecule has 1 atom stereocenters. The molecule has 1 N–H and O–H groups in total. The van der Waals surface area contributed by atoms with E-state index in [4.69, 9.17) is 11.6 Å². The molecule has 5 nitrogen and oxygen atoms in total. The molecule has 0 saturated carbocycles. The minimum atomic E-state index is -3.93. The molecular formula is C24H24BrClN2O3S. The van der Waals surface area contributed by atoms with Gasteiger partial charge in [-0.2, -0.15) is 4.31 Å². The summed E-state index contributed by atoms with van der Waals surface area (Å²) >= 11 is 9.70. The van der Waals surface area contributed by atoms with Gasteiger partial charge in [-0.1, -0.05) is 75.6 Å². The van der Waals surface area contributed by atoms with E-state index in [9.17, 15) is 13.2 Å². The molecule has 8 heteroatoms. The highest BCUT2D eigenvalue weighted by molar-refractivity contribution is 9.10. The Morgan fingerprint density at radius 3 is 2.41 bits per heavy atom. The molecule has 0 aliphatic carbocycles. The van der Waals surface area contributed by atoms with Gasteiger partial charge in [0, 0.05) is 16.0 Å². The number of halogens is 2. The van der Waals surface area contributed by atoms with Gasteiger partial charge in [-0.3, -0.25) is 4.79 Å². The molecule has 0 radical (unpaired) electrons. The van der Waals surface area contributed by atoms with Crippen LogP contribution in [0.25, 0.3) is 0 Å². The number of sulfonamides is 1. The molecule has 0 aromatic heterocycles. The number of hydrogen-bond acceptors (Lipinski definition) is 3.